The van der Waals surface area contributed by atoms with Crippen LogP contribution in [0.2, 0.25) is 0 Å². The van der Waals surface area contributed by atoms with Crippen LogP contribution >= 0.6 is 11.3 Å². The van der Waals surface area contributed by atoms with E-state index < -0.39 is 0 Å². The van der Waals surface area contributed by atoms with Gasteiger partial charge in [0.05, 0.1) is 33.2 Å². The first-order valence-corrected chi connectivity index (χ1v) is 8.63. The van der Waals surface area contributed by atoms with Crippen LogP contribution in [-0.2, 0) is 4.79 Å². The van der Waals surface area contributed by atoms with Crippen LogP contribution in [0.3, 0.4) is 0 Å². The summed E-state index contributed by atoms with van der Waals surface area (Å²) in [5.74, 6) is -0.266. The first kappa shape index (κ1) is 15.9. The molecule has 0 radical (unpaired) electrons. The number of benzene rings is 1. The number of rotatable bonds is 3. The van der Waals surface area contributed by atoms with Gasteiger partial charge in [0, 0.05) is 10.5 Å². The highest BCUT2D eigenvalue weighted by Gasteiger charge is 2.24. The molecule has 2 heterocycles. The lowest BCUT2D eigenvalue weighted by Gasteiger charge is -2.30. The Balaban J connectivity index is 1.92. The highest BCUT2D eigenvalue weighted by atomic mass is 32.1. The lowest BCUT2D eigenvalue weighted by atomic mass is 10.0. The van der Waals surface area contributed by atoms with E-state index in [9.17, 15) is 9.18 Å². The number of nitrogens with one attached hydrogen (secondary N) is 1. The van der Waals surface area contributed by atoms with Crippen molar-refractivity contribution >= 4 is 28.9 Å². The molecule has 1 aromatic heterocycles. The molecule has 1 aromatic carbocycles. The summed E-state index contributed by atoms with van der Waals surface area (Å²) in [5.41, 5.74) is 1.39. The summed E-state index contributed by atoms with van der Waals surface area (Å²) in [5, 5.41) is 1.98. The number of thiophene rings is 1. The number of piperazine rings is 1. The topological polar surface area (TPSA) is 24.8 Å². The second kappa shape index (κ2) is 7.06. The number of quaternary nitrogens is 1. The Kier molecular flexibility index (Phi) is 4.88. The molecule has 2 aromatic rings. The predicted molar refractivity (Wildman–Crippen MR) is 91.8 cm³/mol. The zero-order valence-corrected chi connectivity index (χ0v) is 13.9. The minimum atomic E-state index is -0.292. The smallest absolute Gasteiger partial charge is 0.254 e. The summed E-state index contributed by atoms with van der Waals surface area (Å²) in [7, 11) is 2.14. The zero-order chi connectivity index (χ0) is 16.2. The van der Waals surface area contributed by atoms with Crippen LogP contribution in [-0.4, -0.2) is 44.0 Å². The summed E-state index contributed by atoms with van der Waals surface area (Å²) in [6.07, 6.45) is 1.91. The minimum Gasteiger partial charge on any atom is -0.334 e. The van der Waals surface area contributed by atoms with E-state index in [-0.39, 0.29) is 11.7 Å². The van der Waals surface area contributed by atoms with Crippen molar-refractivity contribution in [1.29, 1.82) is 0 Å². The van der Waals surface area contributed by atoms with Gasteiger partial charge in [-0.25, -0.2) is 4.39 Å². The molecule has 3 rings (SSSR count). The first-order chi connectivity index (χ1) is 11.1. The lowest BCUT2D eigenvalue weighted by Crippen LogP contribution is -3.12. The van der Waals surface area contributed by atoms with Crippen molar-refractivity contribution in [3.8, 4) is 0 Å². The monoisotopic (exact) mass is 331 g/mol. The molecule has 0 unspecified atom stereocenters. The molecule has 1 aliphatic heterocycles. The van der Waals surface area contributed by atoms with Gasteiger partial charge in [-0.15, -0.1) is 11.3 Å². The number of likely N-dealkylation sites (N-methyl/N-ethyl adjacent to an activating group) is 1. The second-order valence-electron chi connectivity index (χ2n) is 5.83. The third kappa shape index (κ3) is 3.86. The Bertz CT molecular complexity index is 686. The summed E-state index contributed by atoms with van der Waals surface area (Å²) in [4.78, 5) is 17.3. The van der Waals surface area contributed by atoms with E-state index in [4.69, 9.17) is 0 Å². The van der Waals surface area contributed by atoms with E-state index in [1.165, 1.54) is 17.0 Å². The Labute approximate surface area is 139 Å². The maximum atomic E-state index is 13.2. The van der Waals surface area contributed by atoms with Crippen molar-refractivity contribution < 1.29 is 14.1 Å². The molecule has 1 fully saturated rings. The Morgan fingerprint density at radius 2 is 1.91 bits per heavy atom. The molecular weight excluding hydrogens is 311 g/mol. The van der Waals surface area contributed by atoms with E-state index in [2.05, 4.69) is 7.05 Å². The molecule has 1 saturated heterocycles. The van der Waals surface area contributed by atoms with Gasteiger partial charge >= 0.3 is 0 Å². The molecule has 0 aliphatic carbocycles. The Morgan fingerprint density at radius 1 is 1.22 bits per heavy atom. The minimum absolute atomic E-state index is 0.0255. The number of hydrogen-bond donors (Lipinski definition) is 1. The van der Waals surface area contributed by atoms with Crippen LogP contribution < -0.4 is 4.90 Å². The van der Waals surface area contributed by atoms with Crippen LogP contribution in [0.25, 0.3) is 11.6 Å². The molecule has 1 amide bonds. The second-order valence-corrected chi connectivity index (χ2v) is 6.81. The third-order valence-corrected chi connectivity index (χ3v) is 4.94. The summed E-state index contributed by atoms with van der Waals surface area (Å²) < 4.78 is 13.2. The van der Waals surface area contributed by atoms with Crippen molar-refractivity contribution in [2.24, 2.45) is 0 Å². The van der Waals surface area contributed by atoms with E-state index >= 15 is 0 Å². The van der Waals surface area contributed by atoms with Crippen LogP contribution in [0.1, 0.15) is 10.4 Å². The molecule has 23 heavy (non-hydrogen) atoms. The summed E-state index contributed by atoms with van der Waals surface area (Å²) in [6.45, 7) is 3.43. The largest absolute Gasteiger partial charge is 0.334 e. The molecular formula is C18H20FN2OS+. The van der Waals surface area contributed by atoms with Crippen LogP contribution in [0, 0.1) is 5.82 Å². The van der Waals surface area contributed by atoms with E-state index in [0.717, 1.165) is 36.6 Å². The maximum absolute atomic E-state index is 13.2. The molecule has 3 nitrogen and oxygen atoms in total. The number of halogens is 1. The molecule has 1 N–H and O–H groups in total. The quantitative estimate of drug-likeness (QED) is 0.852. The highest BCUT2D eigenvalue weighted by Crippen LogP contribution is 2.23. The molecule has 1 aliphatic rings. The Hall–Kier alpha value is -1.98. The van der Waals surface area contributed by atoms with Gasteiger partial charge in [0.15, 0.2) is 0 Å². The summed E-state index contributed by atoms with van der Waals surface area (Å²) in [6, 6.07) is 10.1. The maximum Gasteiger partial charge on any atom is 0.254 e. The zero-order valence-electron chi connectivity index (χ0n) is 13.1. The van der Waals surface area contributed by atoms with E-state index in [1.54, 1.807) is 23.5 Å². The Morgan fingerprint density at radius 3 is 2.52 bits per heavy atom. The van der Waals surface area contributed by atoms with Crippen molar-refractivity contribution in [3.05, 3.63) is 58.0 Å². The van der Waals surface area contributed by atoms with Crippen molar-refractivity contribution in [3.63, 3.8) is 0 Å². The van der Waals surface area contributed by atoms with Crippen molar-refractivity contribution in [2.45, 2.75) is 0 Å². The van der Waals surface area contributed by atoms with Crippen molar-refractivity contribution in [1.82, 2.24) is 4.90 Å². The highest BCUT2D eigenvalue weighted by molar-refractivity contribution is 7.11. The standard InChI is InChI=1S/C18H19FN2OS/c1-20-8-10-21(11-9-20)18(22)17(13-16-3-2-12-23-16)14-4-6-15(19)7-5-14/h2-7,12-13H,8-11H2,1H3/p+1/b17-13-. The number of nitrogens with zero attached hydrogens (tertiary/aromatic N) is 1. The van der Waals surface area contributed by atoms with Gasteiger partial charge in [-0.3, -0.25) is 4.79 Å². The van der Waals surface area contributed by atoms with Crippen LogP contribution in [0.5, 0.6) is 0 Å². The van der Waals surface area contributed by atoms with E-state index in [1.807, 2.05) is 28.5 Å². The third-order valence-electron chi connectivity index (χ3n) is 4.12. The van der Waals surface area contributed by atoms with Gasteiger partial charge in [-0.2, -0.15) is 0 Å². The fourth-order valence-corrected chi connectivity index (χ4v) is 3.33. The molecule has 0 saturated carbocycles. The van der Waals surface area contributed by atoms with Gasteiger partial charge in [0.1, 0.15) is 5.82 Å². The van der Waals surface area contributed by atoms with Crippen LogP contribution in [0.4, 0.5) is 4.39 Å². The molecule has 120 valence electrons. The average Bonchev–Trinajstić information content (AvgIpc) is 3.07. The molecule has 0 spiro atoms. The van der Waals surface area contributed by atoms with Crippen molar-refractivity contribution in [2.75, 3.05) is 33.2 Å². The van der Waals surface area contributed by atoms with Gasteiger partial charge in [0.2, 0.25) is 0 Å². The van der Waals surface area contributed by atoms with E-state index in [0.29, 0.717) is 5.57 Å². The number of carbonyl (C=O) groups is 1. The normalized spacial score (nSPS) is 16.6. The molecule has 0 atom stereocenters. The average molecular weight is 331 g/mol. The fourth-order valence-electron chi connectivity index (χ4n) is 2.68. The predicted octanol–water partition coefficient (Wildman–Crippen LogP) is 1.78. The SMILES string of the molecule is C[NH+]1CCN(C(=O)/C(=C\c2cccs2)c2ccc(F)cc2)CC1. The van der Waals surface area contributed by atoms with Gasteiger partial charge < -0.3 is 9.80 Å². The summed E-state index contributed by atoms with van der Waals surface area (Å²) >= 11 is 1.59. The lowest BCUT2D eigenvalue weighted by molar-refractivity contribution is -0.883. The molecule has 5 heteroatoms. The van der Waals surface area contributed by atoms with Gasteiger partial charge in [0.25, 0.3) is 5.91 Å². The fraction of sp³-hybridized carbons (Fsp3) is 0.278. The molecule has 0 bridgehead atoms. The van der Waals surface area contributed by atoms with Crippen LogP contribution in [0.15, 0.2) is 41.8 Å². The number of amides is 1. The van der Waals surface area contributed by atoms with Gasteiger partial charge in [-0.05, 0) is 35.2 Å². The first-order valence-electron chi connectivity index (χ1n) is 7.75. The number of hydrogen-bond acceptors (Lipinski definition) is 2. The van der Waals surface area contributed by atoms with Gasteiger partial charge in [-0.1, -0.05) is 18.2 Å². The number of carbonyl (C=O) groups excluding carboxylic acids is 1.